The molecule has 2 aliphatic rings. The molecule has 2 amide bonds. The average Bonchev–Trinajstić information content (AvgIpc) is 2.82. The molecule has 2 N–H and O–H groups in total. The quantitative estimate of drug-likeness (QED) is 0.580. The first-order valence-corrected chi connectivity index (χ1v) is 12.0. The van der Waals surface area contributed by atoms with Crippen LogP contribution in [0, 0.1) is 5.82 Å². The Morgan fingerprint density at radius 1 is 1.12 bits per heavy atom. The number of hydrogen-bond acceptors (Lipinski definition) is 6. The normalized spacial score (nSPS) is 19.5. The molecule has 2 aromatic rings. The molecular formula is C23H19FN2O5S2. The van der Waals surface area contributed by atoms with Crippen LogP contribution in [0.1, 0.15) is 15.9 Å². The van der Waals surface area contributed by atoms with Gasteiger partial charge >= 0.3 is 5.97 Å². The van der Waals surface area contributed by atoms with Crippen molar-refractivity contribution in [3.8, 4) is 0 Å². The van der Waals surface area contributed by atoms with Crippen LogP contribution in [0.5, 0.6) is 0 Å². The van der Waals surface area contributed by atoms with E-state index in [0.717, 1.165) is 11.8 Å². The maximum absolute atomic E-state index is 13.0. The molecule has 1 fully saturated rings. The Labute approximate surface area is 197 Å². The van der Waals surface area contributed by atoms with Gasteiger partial charge in [-0.2, -0.15) is 0 Å². The van der Waals surface area contributed by atoms with Crippen LogP contribution in [0.15, 0.2) is 65.9 Å². The first-order chi connectivity index (χ1) is 15.8. The summed E-state index contributed by atoms with van der Waals surface area (Å²) in [6, 6.07) is 13.3. The molecule has 2 aliphatic heterocycles. The SMILES string of the molecule is O=C(Cc1ccc(F)cc1)N[C@@H]1C(=O)N2C(C(=O)O)=C(CSC(=O)c3ccccc3)CS[C@H]12. The summed E-state index contributed by atoms with van der Waals surface area (Å²) in [5, 5.41) is 11.7. The van der Waals surface area contributed by atoms with Crippen LogP contribution in [0.3, 0.4) is 0 Å². The van der Waals surface area contributed by atoms with Crippen molar-refractivity contribution in [1.82, 2.24) is 10.2 Å². The fourth-order valence-corrected chi connectivity index (χ4v) is 5.94. The maximum atomic E-state index is 13.0. The fourth-order valence-electron chi connectivity index (χ4n) is 3.62. The molecule has 0 unspecified atom stereocenters. The predicted octanol–water partition coefficient (Wildman–Crippen LogP) is 2.68. The molecule has 170 valence electrons. The van der Waals surface area contributed by atoms with Crippen molar-refractivity contribution in [1.29, 1.82) is 0 Å². The number of benzene rings is 2. The van der Waals surface area contributed by atoms with E-state index >= 15 is 0 Å². The summed E-state index contributed by atoms with van der Waals surface area (Å²) >= 11 is 2.34. The van der Waals surface area contributed by atoms with Crippen LogP contribution in [-0.2, 0) is 20.8 Å². The summed E-state index contributed by atoms with van der Waals surface area (Å²) in [4.78, 5) is 50.6. The molecule has 33 heavy (non-hydrogen) atoms. The first-order valence-electron chi connectivity index (χ1n) is 10.0. The lowest BCUT2D eigenvalue weighted by molar-refractivity contribution is -0.150. The van der Waals surface area contributed by atoms with E-state index in [0.29, 0.717) is 22.5 Å². The third-order valence-electron chi connectivity index (χ3n) is 5.23. The van der Waals surface area contributed by atoms with Crippen molar-refractivity contribution in [2.24, 2.45) is 0 Å². The van der Waals surface area contributed by atoms with Crippen molar-refractivity contribution in [3.63, 3.8) is 0 Å². The van der Waals surface area contributed by atoms with E-state index in [1.165, 1.54) is 40.9 Å². The van der Waals surface area contributed by atoms with Gasteiger partial charge in [0, 0.05) is 17.1 Å². The fraction of sp³-hybridized carbons (Fsp3) is 0.217. The molecule has 2 atom stereocenters. The number of aliphatic carboxylic acids is 1. The molecule has 2 heterocycles. The Morgan fingerprint density at radius 3 is 2.48 bits per heavy atom. The number of hydrogen-bond donors (Lipinski definition) is 2. The second-order valence-electron chi connectivity index (χ2n) is 7.46. The average molecular weight is 487 g/mol. The van der Waals surface area contributed by atoms with Gasteiger partial charge in [-0.1, -0.05) is 54.2 Å². The molecule has 0 saturated carbocycles. The number of nitrogens with zero attached hydrogens (tertiary/aromatic N) is 1. The molecule has 2 aromatic carbocycles. The summed E-state index contributed by atoms with van der Waals surface area (Å²) in [5.74, 6) is -2.08. The number of halogens is 1. The lowest BCUT2D eigenvalue weighted by atomic mass is 10.0. The second kappa shape index (κ2) is 9.80. The van der Waals surface area contributed by atoms with E-state index in [9.17, 15) is 28.7 Å². The van der Waals surface area contributed by atoms with E-state index in [1.54, 1.807) is 30.3 Å². The minimum Gasteiger partial charge on any atom is -0.477 e. The molecule has 0 radical (unpaired) electrons. The minimum absolute atomic E-state index is 0.0213. The number of rotatable bonds is 7. The number of nitrogens with one attached hydrogen (secondary N) is 1. The maximum Gasteiger partial charge on any atom is 0.352 e. The summed E-state index contributed by atoms with van der Waals surface area (Å²) < 4.78 is 13.0. The summed E-state index contributed by atoms with van der Waals surface area (Å²) in [7, 11) is 0. The lowest BCUT2D eigenvalue weighted by Crippen LogP contribution is -2.70. The van der Waals surface area contributed by atoms with Gasteiger partial charge < -0.3 is 10.4 Å². The topological polar surface area (TPSA) is 104 Å². The predicted molar refractivity (Wildman–Crippen MR) is 123 cm³/mol. The van der Waals surface area contributed by atoms with Crippen LogP contribution in [0.25, 0.3) is 0 Å². The van der Waals surface area contributed by atoms with Crippen molar-refractivity contribution < 1.29 is 28.7 Å². The van der Waals surface area contributed by atoms with Crippen molar-refractivity contribution >= 4 is 46.4 Å². The van der Waals surface area contributed by atoms with Gasteiger partial charge in [-0.05, 0) is 23.3 Å². The summed E-state index contributed by atoms with van der Waals surface area (Å²) in [5.41, 5.74) is 1.48. The number of amides is 2. The number of β-lactam (4-membered cyclic amide) rings is 1. The largest absolute Gasteiger partial charge is 0.477 e. The van der Waals surface area contributed by atoms with E-state index < -0.39 is 35.0 Å². The highest BCUT2D eigenvalue weighted by Gasteiger charge is 2.54. The zero-order valence-electron chi connectivity index (χ0n) is 17.2. The monoisotopic (exact) mass is 486 g/mol. The molecule has 4 rings (SSSR count). The highest BCUT2D eigenvalue weighted by Crippen LogP contribution is 2.41. The van der Waals surface area contributed by atoms with E-state index in [-0.39, 0.29) is 23.0 Å². The molecule has 1 saturated heterocycles. The van der Waals surface area contributed by atoms with Crippen LogP contribution >= 0.6 is 23.5 Å². The number of thioether (sulfide) groups is 2. The van der Waals surface area contributed by atoms with E-state index in [1.807, 2.05) is 0 Å². The van der Waals surface area contributed by atoms with Crippen LogP contribution < -0.4 is 5.32 Å². The van der Waals surface area contributed by atoms with Gasteiger partial charge in [0.25, 0.3) is 5.91 Å². The molecule has 0 aromatic heterocycles. The van der Waals surface area contributed by atoms with Gasteiger partial charge in [0.05, 0.1) is 6.42 Å². The van der Waals surface area contributed by atoms with Gasteiger partial charge in [-0.3, -0.25) is 19.3 Å². The number of carbonyl (C=O) groups is 4. The number of fused-ring (bicyclic) bond motifs is 1. The van der Waals surface area contributed by atoms with Gasteiger partial charge in [0.1, 0.15) is 22.9 Å². The molecule has 0 spiro atoms. The molecule has 0 aliphatic carbocycles. The highest BCUT2D eigenvalue weighted by atomic mass is 32.2. The number of carboxylic acids is 1. The van der Waals surface area contributed by atoms with Crippen LogP contribution in [0.4, 0.5) is 4.39 Å². The zero-order valence-corrected chi connectivity index (χ0v) is 18.8. The Morgan fingerprint density at radius 2 is 1.82 bits per heavy atom. The Kier molecular flexibility index (Phi) is 6.85. The summed E-state index contributed by atoms with van der Waals surface area (Å²) in [6.07, 6.45) is -0.0213. The Balaban J connectivity index is 1.41. The van der Waals surface area contributed by atoms with Gasteiger partial charge in [-0.15, -0.1) is 11.8 Å². The number of carboxylic acid groups (broad SMARTS) is 1. The van der Waals surface area contributed by atoms with Crippen molar-refractivity contribution in [2.75, 3.05) is 11.5 Å². The Bertz CT molecular complexity index is 1140. The van der Waals surface area contributed by atoms with Crippen LogP contribution in [-0.4, -0.2) is 55.8 Å². The zero-order chi connectivity index (χ0) is 23.5. The van der Waals surface area contributed by atoms with E-state index in [4.69, 9.17) is 0 Å². The Hall–Kier alpha value is -3.11. The molecule has 0 bridgehead atoms. The van der Waals surface area contributed by atoms with Crippen molar-refractivity contribution in [2.45, 2.75) is 17.8 Å². The molecule has 7 nitrogen and oxygen atoms in total. The van der Waals surface area contributed by atoms with Crippen molar-refractivity contribution in [3.05, 3.63) is 82.8 Å². The lowest BCUT2D eigenvalue weighted by Gasteiger charge is -2.49. The van der Waals surface area contributed by atoms with Gasteiger partial charge in [-0.25, -0.2) is 9.18 Å². The highest BCUT2D eigenvalue weighted by molar-refractivity contribution is 8.14. The van der Waals surface area contributed by atoms with Gasteiger partial charge in [0.2, 0.25) is 11.0 Å². The third kappa shape index (κ3) is 4.96. The first kappa shape index (κ1) is 23.1. The number of carbonyl (C=O) groups excluding carboxylic acids is 3. The summed E-state index contributed by atoms with van der Waals surface area (Å²) in [6.45, 7) is 0. The smallest absolute Gasteiger partial charge is 0.352 e. The molecule has 10 heteroatoms. The van der Waals surface area contributed by atoms with Gasteiger partial charge in [0.15, 0.2) is 0 Å². The second-order valence-corrected chi connectivity index (χ2v) is 9.51. The minimum atomic E-state index is -1.24. The standard InChI is InChI=1S/C23H19FN2O5S2/c24-16-8-6-13(7-9-16)10-17(27)25-18-20(28)26-19(22(29)30)15(11-32-21(18)26)12-33-23(31)14-4-2-1-3-5-14/h1-9,18,21H,10-12H2,(H,25,27)(H,29,30)/t18-,21-/m1/s1. The van der Waals surface area contributed by atoms with Crippen LogP contribution in [0.2, 0.25) is 0 Å². The third-order valence-corrected chi connectivity index (χ3v) is 7.56. The molecular weight excluding hydrogens is 467 g/mol. The van der Waals surface area contributed by atoms with E-state index in [2.05, 4.69) is 5.32 Å².